The Morgan fingerprint density at radius 3 is 2.56 bits per heavy atom. The van der Waals surface area contributed by atoms with Crippen molar-refractivity contribution in [2.24, 2.45) is 0 Å². The van der Waals surface area contributed by atoms with Gasteiger partial charge < -0.3 is 14.9 Å². The van der Waals surface area contributed by atoms with Gasteiger partial charge in [0.05, 0.1) is 7.11 Å². The minimum Gasteiger partial charge on any atom is -0.497 e. The van der Waals surface area contributed by atoms with E-state index in [0.717, 1.165) is 12.1 Å². The van der Waals surface area contributed by atoms with E-state index in [4.69, 9.17) is 9.84 Å². The Kier molecular flexibility index (Phi) is 3.44. The van der Waals surface area contributed by atoms with E-state index in [1.54, 1.807) is 0 Å². The molecule has 0 fully saturated rings. The summed E-state index contributed by atoms with van der Waals surface area (Å²) in [6.45, 7) is 0. The van der Waals surface area contributed by atoms with Gasteiger partial charge in [-0.1, -0.05) is 12.1 Å². The molecule has 1 aromatic carbocycles. The molecule has 1 atom stereocenters. The van der Waals surface area contributed by atoms with E-state index in [9.17, 15) is 18.7 Å². The SMILES string of the molecule is COc1cccc(C(O)(C(=O)O)C(F)F)c1. The minimum atomic E-state index is -3.43. The van der Waals surface area contributed by atoms with Crippen LogP contribution in [-0.2, 0) is 10.4 Å². The van der Waals surface area contributed by atoms with Crippen molar-refractivity contribution in [3.8, 4) is 5.75 Å². The lowest BCUT2D eigenvalue weighted by atomic mass is 9.94. The molecule has 1 rings (SSSR count). The van der Waals surface area contributed by atoms with Crippen molar-refractivity contribution in [1.29, 1.82) is 0 Å². The molecule has 0 aliphatic rings. The average Bonchev–Trinajstić information content (AvgIpc) is 2.27. The molecule has 0 radical (unpaired) electrons. The zero-order valence-corrected chi connectivity index (χ0v) is 8.35. The topological polar surface area (TPSA) is 66.8 Å². The van der Waals surface area contributed by atoms with Crippen molar-refractivity contribution < 1.29 is 28.5 Å². The molecule has 0 bridgehead atoms. The zero-order valence-electron chi connectivity index (χ0n) is 8.35. The number of benzene rings is 1. The van der Waals surface area contributed by atoms with Gasteiger partial charge >= 0.3 is 5.97 Å². The Labute approximate surface area is 90.1 Å². The number of rotatable bonds is 4. The zero-order chi connectivity index (χ0) is 12.3. The van der Waals surface area contributed by atoms with Gasteiger partial charge in [-0.15, -0.1) is 0 Å². The number of carboxylic acids is 1. The first-order chi connectivity index (χ1) is 7.42. The Balaban J connectivity index is 3.26. The Hall–Kier alpha value is -1.69. The summed E-state index contributed by atoms with van der Waals surface area (Å²) in [6.07, 6.45) is -3.43. The summed E-state index contributed by atoms with van der Waals surface area (Å²) in [6, 6.07) is 4.94. The predicted molar refractivity (Wildman–Crippen MR) is 50.5 cm³/mol. The maximum atomic E-state index is 12.6. The van der Waals surface area contributed by atoms with Crippen LogP contribution in [0.2, 0.25) is 0 Å². The van der Waals surface area contributed by atoms with E-state index in [-0.39, 0.29) is 5.75 Å². The molecule has 0 saturated carbocycles. The fourth-order valence-electron chi connectivity index (χ4n) is 1.20. The summed E-state index contributed by atoms with van der Waals surface area (Å²) in [5, 5.41) is 18.1. The second-order valence-corrected chi connectivity index (χ2v) is 3.10. The number of hydrogen-bond acceptors (Lipinski definition) is 3. The van der Waals surface area contributed by atoms with Gasteiger partial charge in [0.2, 0.25) is 5.60 Å². The molecular formula is C10H10F2O4. The number of ether oxygens (including phenoxy) is 1. The smallest absolute Gasteiger partial charge is 0.346 e. The molecule has 1 aromatic rings. The number of carbonyl (C=O) groups is 1. The molecule has 0 spiro atoms. The molecule has 16 heavy (non-hydrogen) atoms. The summed E-state index contributed by atoms with van der Waals surface area (Å²) in [5.41, 5.74) is -3.64. The van der Waals surface area contributed by atoms with Crippen LogP contribution >= 0.6 is 0 Å². The number of hydrogen-bond donors (Lipinski definition) is 2. The second kappa shape index (κ2) is 4.44. The quantitative estimate of drug-likeness (QED) is 0.819. The molecule has 0 aliphatic carbocycles. The van der Waals surface area contributed by atoms with Crippen molar-refractivity contribution in [3.05, 3.63) is 29.8 Å². The van der Waals surface area contributed by atoms with Crippen LogP contribution in [0.1, 0.15) is 5.56 Å². The fourth-order valence-corrected chi connectivity index (χ4v) is 1.20. The molecule has 6 heteroatoms. The number of alkyl halides is 2. The first-order valence-electron chi connectivity index (χ1n) is 4.31. The van der Waals surface area contributed by atoms with Crippen molar-refractivity contribution >= 4 is 5.97 Å². The molecule has 2 N–H and O–H groups in total. The molecular weight excluding hydrogens is 222 g/mol. The van der Waals surface area contributed by atoms with Crippen molar-refractivity contribution in [2.45, 2.75) is 12.0 Å². The Morgan fingerprint density at radius 2 is 2.12 bits per heavy atom. The van der Waals surface area contributed by atoms with Crippen LogP contribution in [0.25, 0.3) is 0 Å². The van der Waals surface area contributed by atoms with Crippen molar-refractivity contribution in [2.75, 3.05) is 7.11 Å². The fraction of sp³-hybridized carbons (Fsp3) is 0.300. The summed E-state index contributed by atoms with van der Waals surface area (Å²) in [7, 11) is 1.31. The lowest BCUT2D eigenvalue weighted by Crippen LogP contribution is -2.42. The largest absolute Gasteiger partial charge is 0.497 e. The monoisotopic (exact) mass is 232 g/mol. The van der Waals surface area contributed by atoms with Gasteiger partial charge in [-0.3, -0.25) is 0 Å². The minimum absolute atomic E-state index is 0.192. The molecule has 0 saturated heterocycles. The van der Waals surface area contributed by atoms with Crippen molar-refractivity contribution in [1.82, 2.24) is 0 Å². The molecule has 88 valence electrons. The van der Waals surface area contributed by atoms with Gasteiger partial charge in [-0.25, -0.2) is 13.6 Å². The van der Waals surface area contributed by atoms with E-state index in [1.807, 2.05) is 0 Å². The van der Waals surface area contributed by atoms with Crippen LogP contribution in [0.3, 0.4) is 0 Å². The molecule has 4 nitrogen and oxygen atoms in total. The standard InChI is InChI=1S/C10H10F2O4/c1-16-7-4-2-3-6(5-7)10(15,8(11)12)9(13)14/h2-5,8,15H,1H3,(H,13,14). The van der Waals surface area contributed by atoms with Crippen LogP contribution in [0.5, 0.6) is 5.75 Å². The summed E-state index contributed by atoms with van der Waals surface area (Å²) >= 11 is 0. The molecule has 0 amide bonds. The summed E-state index contributed by atoms with van der Waals surface area (Å²) in [4.78, 5) is 10.7. The van der Waals surface area contributed by atoms with E-state index >= 15 is 0 Å². The molecule has 0 aliphatic heterocycles. The summed E-state index contributed by atoms with van der Waals surface area (Å²) < 4.78 is 29.9. The van der Waals surface area contributed by atoms with Crippen LogP contribution in [-0.4, -0.2) is 29.7 Å². The molecule has 0 heterocycles. The van der Waals surface area contributed by atoms with Crippen LogP contribution in [0.15, 0.2) is 24.3 Å². The normalized spacial score (nSPS) is 14.6. The second-order valence-electron chi connectivity index (χ2n) is 3.10. The lowest BCUT2D eigenvalue weighted by Gasteiger charge is -2.22. The van der Waals surface area contributed by atoms with Gasteiger partial charge in [-0.05, 0) is 12.1 Å². The third-order valence-electron chi connectivity index (χ3n) is 2.15. The highest BCUT2D eigenvalue weighted by molar-refractivity contribution is 5.79. The Morgan fingerprint density at radius 1 is 1.50 bits per heavy atom. The third-order valence-corrected chi connectivity index (χ3v) is 2.15. The van der Waals surface area contributed by atoms with Crippen molar-refractivity contribution in [3.63, 3.8) is 0 Å². The first kappa shape index (κ1) is 12.4. The summed E-state index contributed by atoms with van der Waals surface area (Å²) in [5.74, 6) is -1.81. The van der Waals surface area contributed by atoms with Gasteiger partial charge in [0.1, 0.15) is 5.75 Å². The number of carboxylic acid groups (broad SMARTS) is 1. The highest BCUT2D eigenvalue weighted by Gasteiger charge is 2.47. The van der Waals surface area contributed by atoms with E-state index in [1.165, 1.54) is 19.2 Å². The van der Waals surface area contributed by atoms with Crippen LogP contribution < -0.4 is 4.74 Å². The Bertz CT molecular complexity index is 394. The molecule has 0 aromatic heterocycles. The number of methoxy groups -OCH3 is 1. The highest BCUT2D eigenvalue weighted by Crippen LogP contribution is 2.30. The maximum Gasteiger partial charge on any atom is 0.346 e. The van der Waals surface area contributed by atoms with Gasteiger partial charge in [0.25, 0.3) is 6.43 Å². The lowest BCUT2D eigenvalue weighted by molar-refractivity contribution is -0.178. The van der Waals surface area contributed by atoms with Crippen LogP contribution in [0, 0.1) is 0 Å². The molecule has 1 unspecified atom stereocenters. The average molecular weight is 232 g/mol. The van der Waals surface area contributed by atoms with E-state index in [2.05, 4.69) is 0 Å². The third kappa shape index (κ3) is 1.96. The van der Waals surface area contributed by atoms with Gasteiger partial charge in [0, 0.05) is 5.56 Å². The van der Waals surface area contributed by atoms with E-state index < -0.39 is 23.6 Å². The van der Waals surface area contributed by atoms with Gasteiger partial charge in [0.15, 0.2) is 0 Å². The first-order valence-corrected chi connectivity index (χ1v) is 4.31. The number of halogens is 2. The van der Waals surface area contributed by atoms with Gasteiger partial charge in [-0.2, -0.15) is 0 Å². The van der Waals surface area contributed by atoms with Crippen LogP contribution in [0.4, 0.5) is 8.78 Å². The van der Waals surface area contributed by atoms with E-state index in [0.29, 0.717) is 0 Å². The predicted octanol–water partition coefficient (Wildman–Crippen LogP) is 1.23. The maximum absolute atomic E-state index is 12.6. The number of aliphatic hydroxyl groups is 1. The number of aliphatic carboxylic acids is 1. The highest BCUT2D eigenvalue weighted by atomic mass is 19.3.